The van der Waals surface area contributed by atoms with Crippen molar-refractivity contribution in [2.75, 3.05) is 13.1 Å². The molecule has 0 spiro atoms. The number of para-hydroxylation sites is 1. The van der Waals surface area contributed by atoms with Gasteiger partial charge in [-0.2, -0.15) is 11.3 Å². The molecule has 1 aromatic carbocycles. The molecule has 25 heavy (non-hydrogen) atoms. The molecule has 1 fully saturated rings. The lowest BCUT2D eigenvalue weighted by atomic mass is 9.95. The molecule has 0 aliphatic carbocycles. The smallest absolute Gasteiger partial charge is 0.227 e. The van der Waals surface area contributed by atoms with Gasteiger partial charge in [0.15, 0.2) is 0 Å². The van der Waals surface area contributed by atoms with Crippen molar-refractivity contribution in [3.63, 3.8) is 0 Å². The van der Waals surface area contributed by atoms with E-state index in [1.165, 1.54) is 0 Å². The standard InChI is InChI=1S/C19H20N4OS/c24-18(12-15-8-11-25-13-15)22-9-6-16(7-10-22)19-21-20-14-23(19)17-4-2-1-3-5-17/h1-5,8,11,13-14,16H,6-7,9-10,12H2. The third kappa shape index (κ3) is 3.49. The summed E-state index contributed by atoms with van der Waals surface area (Å²) >= 11 is 1.64. The highest BCUT2D eigenvalue weighted by molar-refractivity contribution is 7.08. The Bertz CT molecular complexity index is 820. The van der Waals surface area contributed by atoms with Gasteiger partial charge in [-0.15, -0.1) is 10.2 Å². The fraction of sp³-hybridized carbons (Fsp3) is 0.316. The van der Waals surface area contributed by atoms with E-state index in [4.69, 9.17) is 0 Å². The van der Waals surface area contributed by atoms with Crippen LogP contribution in [0.5, 0.6) is 0 Å². The van der Waals surface area contributed by atoms with E-state index in [0.29, 0.717) is 12.3 Å². The average Bonchev–Trinajstić information content (AvgIpc) is 3.34. The molecular weight excluding hydrogens is 332 g/mol. The van der Waals surface area contributed by atoms with Crippen LogP contribution in [0.1, 0.15) is 30.1 Å². The van der Waals surface area contributed by atoms with Crippen LogP contribution in [0.4, 0.5) is 0 Å². The molecule has 5 nitrogen and oxygen atoms in total. The molecule has 1 amide bonds. The summed E-state index contributed by atoms with van der Waals surface area (Å²) < 4.78 is 2.06. The molecule has 0 radical (unpaired) electrons. The van der Waals surface area contributed by atoms with Crippen molar-refractivity contribution in [2.45, 2.75) is 25.2 Å². The Labute approximate surface area is 150 Å². The number of nitrogens with zero attached hydrogens (tertiary/aromatic N) is 4. The van der Waals surface area contributed by atoms with E-state index < -0.39 is 0 Å². The van der Waals surface area contributed by atoms with Crippen molar-refractivity contribution < 1.29 is 4.79 Å². The van der Waals surface area contributed by atoms with Crippen LogP contribution in [-0.4, -0.2) is 38.7 Å². The topological polar surface area (TPSA) is 51.0 Å². The predicted octanol–water partition coefficient (Wildman–Crippen LogP) is 3.28. The lowest BCUT2D eigenvalue weighted by Crippen LogP contribution is -2.39. The monoisotopic (exact) mass is 352 g/mol. The number of likely N-dealkylation sites (tertiary alicyclic amines) is 1. The van der Waals surface area contributed by atoms with Gasteiger partial charge in [0.05, 0.1) is 6.42 Å². The van der Waals surface area contributed by atoms with Crippen LogP contribution >= 0.6 is 11.3 Å². The summed E-state index contributed by atoms with van der Waals surface area (Å²) in [5.41, 5.74) is 2.19. The molecule has 3 heterocycles. The van der Waals surface area contributed by atoms with Crippen molar-refractivity contribution in [2.24, 2.45) is 0 Å². The third-order valence-electron chi connectivity index (χ3n) is 4.76. The van der Waals surface area contributed by atoms with Gasteiger partial charge in [0.25, 0.3) is 0 Å². The van der Waals surface area contributed by atoms with E-state index in [1.54, 1.807) is 17.7 Å². The number of carbonyl (C=O) groups is 1. The van der Waals surface area contributed by atoms with Gasteiger partial charge in [-0.05, 0) is 47.4 Å². The predicted molar refractivity (Wildman–Crippen MR) is 97.9 cm³/mol. The third-order valence-corrected chi connectivity index (χ3v) is 5.49. The lowest BCUT2D eigenvalue weighted by Gasteiger charge is -2.31. The second kappa shape index (κ2) is 7.19. The van der Waals surface area contributed by atoms with E-state index in [1.807, 2.05) is 39.9 Å². The fourth-order valence-electron chi connectivity index (χ4n) is 3.38. The molecule has 6 heteroatoms. The first-order valence-electron chi connectivity index (χ1n) is 8.55. The minimum atomic E-state index is 0.223. The van der Waals surface area contributed by atoms with E-state index >= 15 is 0 Å². The largest absolute Gasteiger partial charge is 0.342 e. The van der Waals surface area contributed by atoms with Crippen molar-refractivity contribution in [1.29, 1.82) is 0 Å². The highest BCUT2D eigenvalue weighted by atomic mass is 32.1. The van der Waals surface area contributed by atoms with Gasteiger partial charge in [-0.25, -0.2) is 0 Å². The zero-order valence-electron chi connectivity index (χ0n) is 13.9. The maximum absolute atomic E-state index is 12.4. The van der Waals surface area contributed by atoms with Crippen molar-refractivity contribution in [1.82, 2.24) is 19.7 Å². The molecule has 0 atom stereocenters. The van der Waals surface area contributed by atoms with E-state index in [2.05, 4.69) is 26.9 Å². The Morgan fingerprint density at radius 3 is 2.68 bits per heavy atom. The van der Waals surface area contributed by atoms with Crippen LogP contribution in [0.3, 0.4) is 0 Å². The molecule has 1 aliphatic rings. The summed E-state index contributed by atoms with van der Waals surface area (Å²) in [7, 11) is 0. The fourth-order valence-corrected chi connectivity index (χ4v) is 4.05. The quantitative estimate of drug-likeness (QED) is 0.724. The van der Waals surface area contributed by atoms with Gasteiger partial charge in [-0.3, -0.25) is 9.36 Å². The first-order chi connectivity index (χ1) is 12.3. The second-order valence-corrected chi connectivity index (χ2v) is 7.14. The van der Waals surface area contributed by atoms with Crippen LogP contribution in [0, 0.1) is 0 Å². The van der Waals surface area contributed by atoms with Crippen molar-refractivity contribution in [3.8, 4) is 5.69 Å². The Morgan fingerprint density at radius 2 is 1.96 bits per heavy atom. The Balaban J connectivity index is 1.41. The van der Waals surface area contributed by atoms with E-state index in [0.717, 1.165) is 43.0 Å². The van der Waals surface area contributed by atoms with Gasteiger partial charge in [-0.1, -0.05) is 18.2 Å². The van der Waals surface area contributed by atoms with Gasteiger partial charge in [0.1, 0.15) is 12.2 Å². The SMILES string of the molecule is O=C(Cc1ccsc1)N1CCC(c2nncn2-c2ccccc2)CC1. The second-order valence-electron chi connectivity index (χ2n) is 6.36. The molecule has 4 rings (SSSR count). The number of benzene rings is 1. The summed E-state index contributed by atoms with van der Waals surface area (Å²) in [6.07, 6.45) is 4.15. The van der Waals surface area contributed by atoms with Crippen LogP contribution in [-0.2, 0) is 11.2 Å². The number of thiophene rings is 1. The summed E-state index contributed by atoms with van der Waals surface area (Å²) in [6, 6.07) is 12.2. The number of rotatable bonds is 4. The Morgan fingerprint density at radius 1 is 1.16 bits per heavy atom. The lowest BCUT2D eigenvalue weighted by molar-refractivity contribution is -0.131. The summed E-state index contributed by atoms with van der Waals surface area (Å²) in [6.45, 7) is 1.57. The number of amides is 1. The normalized spacial score (nSPS) is 15.4. The number of aromatic nitrogens is 3. The highest BCUT2D eigenvalue weighted by Gasteiger charge is 2.27. The average molecular weight is 352 g/mol. The van der Waals surface area contributed by atoms with E-state index in [-0.39, 0.29) is 5.91 Å². The van der Waals surface area contributed by atoms with Crippen LogP contribution in [0.2, 0.25) is 0 Å². The molecule has 1 saturated heterocycles. The zero-order valence-corrected chi connectivity index (χ0v) is 14.7. The molecule has 1 aliphatic heterocycles. The minimum Gasteiger partial charge on any atom is -0.342 e. The first-order valence-corrected chi connectivity index (χ1v) is 9.50. The summed E-state index contributed by atoms with van der Waals surface area (Å²) in [5, 5.41) is 12.5. The Hall–Kier alpha value is -2.47. The molecule has 0 N–H and O–H groups in total. The van der Waals surface area contributed by atoms with Gasteiger partial charge >= 0.3 is 0 Å². The molecular formula is C19H20N4OS. The maximum Gasteiger partial charge on any atom is 0.227 e. The number of carbonyl (C=O) groups excluding carboxylic acids is 1. The summed E-state index contributed by atoms with van der Waals surface area (Å²) in [4.78, 5) is 14.4. The van der Waals surface area contributed by atoms with Gasteiger partial charge < -0.3 is 4.90 Å². The highest BCUT2D eigenvalue weighted by Crippen LogP contribution is 2.28. The molecule has 2 aromatic heterocycles. The Kier molecular flexibility index (Phi) is 4.61. The molecule has 0 unspecified atom stereocenters. The van der Waals surface area contributed by atoms with Gasteiger partial charge in [0, 0.05) is 24.7 Å². The summed E-state index contributed by atoms with van der Waals surface area (Å²) in [5.74, 6) is 1.56. The number of hydrogen-bond donors (Lipinski definition) is 0. The molecule has 128 valence electrons. The molecule has 3 aromatic rings. The van der Waals surface area contributed by atoms with E-state index in [9.17, 15) is 4.79 Å². The molecule has 0 bridgehead atoms. The maximum atomic E-state index is 12.4. The number of piperidine rings is 1. The number of hydrogen-bond acceptors (Lipinski definition) is 4. The van der Waals surface area contributed by atoms with Crippen molar-refractivity contribution in [3.05, 3.63) is 64.9 Å². The van der Waals surface area contributed by atoms with Crippen LogP contribution < -0.4 is 0 Å². The molecule has 0 saturated carbocycles. The van der Waals surface area contributed by atoms with Crippen LogP contribution in [0.25, 0.3) is 5.69 Å². The van der Waals surface area contributed by atoms with Gasteiger partial charge in [0.2, 0.25) is 5.91 Å². The minimum absolute atomic E-state index is 0.223. The van der Waals surface area contributed by atoms with Crippen LogP contribution in [0.15, 0.2) is 53.5 Å². The zero-order chi connectivity index (χ0) is 17.1. The first kappa shape index (κ1) is 16.0. The van der Waals surface area contributed by atoms with Crippen molar-refractivity contribution >= 4 is 17.2 Å².